The van der Waals surface area contributed by atoms with Gasteiger partial charge in [0.1, 0.15) is 5.75 Å². The molecular formula is C21H29N3O2. The minimum Gasteiger partial charge on any atom is -0.495 e. The zero-order valence-corrected chi connectivity index (χ0v) is 15.6. The van der Waals surface area contributed by atoms with Crippen molar-refractivity contribution in [1.29, 1.82) is 0 Å². The van der Waals surface area contributed by atoms with Crippen LogP contribution in [-0.4, -0.2) is 57.2 Å². The number of rotatable bonds is 6. The van der Waals surface area contributed by atoms with Crippen LogP contribution in [0.2, 0.25) is 0 Å². The van der Waals surface area contributed by atoms with Gasteiger partial charge in [-0.05, 0) is 36.8 Å². The van der Waals surface area contributed by atoms with E-state index in [1.165, 1.54) is 12.1 Å². The summed E-state index contributed by atoms with van der Waals surface area (Å²) in [5.74, 6) is 2.55. The number of nitrogens with zero attached hydrogens (tertiary/aromatic N) is 2. The lowest BCUT2D eigenvalue weighted by molar-refractivity contribution is -0.125. The monoisotopic (exact) mass is 355 g/mol. The molecule has 1 amide bonds. The van der Waals surface area contributed by atoms with Crippen molar-refractivity contribution < 1.29 is 9.53 Å². The minimum atomic E-state index is 0.215. The van der Waals surface area contributed by atoms with Crippen LogP contribution >= 0.6 is 0 Å². The molecule has 2 fully saturated rings. The Morgan fingerprint density at radius 1 is 1.15 bits per heavy atom. The molecule has 5 heteroatoms. The smallest absolute Gasteiger partial charge is 0.223 e. The second kappa shape index (κ2) is 7.70. The highest BCUT2D eigenvalue weighted by Gasteiger charge is 2.39. The highest BCUT2D eigenvalue weighted by atomic mass is 16.5. The number of para-hydroxylation sites is 2. The van der Waals surface area contributed by atoms with Crippen molar-refractivity contribution in [1.82, 2.24) is 10.2 Å². The Morgan fingerprint density at radius 2 is 1.96 bits per heavy atom. The van der Waals surface area contributed by atoms with E-state index in [9.17, 15) is 4.79 Å². The highest BCUT2D eigenvalue weighted by molar-refractivity contribution is 5.80. The van der Waals surface area contributed by atoms with Gasteiger partial charge < -0.3 is 15.0 Å². The molecule has 1 aromatic rings. The van der Waals surface area contributed by atoms with Crippen LogP contribution in [0.25, 0.3) is 0 Å². The van der Waals surface area contributed by atoms with Gasteiger partial charge >= 0.3 is 0 Å². The van der Waals surface area contributed by atoms with Crippen molar-refractivity contribution in [2.75, 3.05) is 51.3 Å². The normalized spacial score (nSPS) is 27.7. The van der Waals surface area contributed by atoms with Crippen molar-refractivity contribution in [2.24, 2.45) is 17.8 Å². The average Bonchev–Trinajstić information content (AvgIpc) is 3.32. The number of hydrogen-bond donors (Lipinski definition) is 1. The molecule has 1 unspecified atom stereocenters. The summed E-state index contributed by atoms with van der Waals surface area (Å²) in [6, 6.07) is 8.21. The van der Waals surface area contributed by atoms with Gasteiger partial charge in [-0.3, -0.25) is 9.69 Å². The van der Waals surface area contributed by atoms with Crippen molar-refractivity contribution in [3.8, 4) is 5.75 Å². The summed E-state index contributed by atoms with van der Waals surface area (Å²) < 4.78 is 5.48. The molecule has 5 nitrogen and oxygen atoms in total. The van der Waals surface area contributed by atoms with Crippen LogP contribution in [-0.2, 0) is 4.79 Å². The summed E-state index contributed by atoms with van der Waals surface area (Å²) in [5.41, 5.74) is 1.17. The molecule has 140 valence electrons. The maximum Gasteiger partial charge on any atom is 0.223 e. The maximum absolute atomic E-state index is 12.4. The van der Waals surface area contributed by atoms with E-state index in [0.29, 0.717) is 11.8 Å². The zero-order valence-electron chi connectivity index (χ0n) is 15.6. The Hall–Kier alpha value is -2.01. The van der Waals surface area contributed by atoms with Crippen molar-refractivity contribution in [3.05, 3.63) is 36.4 Å². The molecule has 1 heterocycles. The first-order valence-corrected chi connectivity index (χ1v) is 9.81. The summed E-state index contributed by atoms with van der Waals surface area (Å²) in [5, 5.41) is 3.17. The fourth-order valence-corrected chi connectivity index (χ4v) is 4.65. The van der Waals surface area contributed by atoms with E-state index in [4.69, 9.17) is 4.74 Å². The number of carbonyl (C=O) groups is 1. The average molecular weight is 355 g/mol. The fourth-order valence-electron chi connectivity index (χ4n) is 4.65. The maximum atomic E-state index is 12.4. The van der Waals surface area contributed by atoms with Gasteiger partial charge in [-0.2, -0.15) is 0 Å². The first-order valence-electron chi connectivity index (χ1n) is 9.81. The summed E-state index contributed by atoms with van der Waals surface area (Å²) in [4.78, 5) is 17.2. The van der Waals surface area contributed by atoms with Crippen LogP contribution in [0.3, 0.4) is 0 Å². The number of allylic oxidation sites excluding steroid dienone is 2. The van der Waals surface area contributed by atoms with Crippen LogP contribution in [0.1, 0.15) is 12.8 Å². The van der Waals surface area contributed by atoms with Crippen LogP contribution in [0.4, 0.5) is 5.69 Å². The van der Waals surface area contributed by atoms with E-state index in [0.717, 1.165) is 51.4 Å². The first-order chi connectivity index (χ1) is 12.7. The predicted molar refractivity (Wildman–Crippen MR) is 104 cm³/mol. The van der Waals surface area contributed by atoms with E-state index >= 15 is 0 Å². The molecule has 1 N–H and O–H groups in total. The number of ether oxygens (including phenoxy) is 1. The van der Waals surface area contributed by atoms with Gasteiger partial charge in [-0.1, -0.05) is 24.3 Å². The Labute approximate surface area is 156 Å². The van der Waals surface area contributed by atoms with Crippen LogP contribution in [0.5, 0.6) is 5.75 Å². The fraction of sp³-hybridized carbons (Fsp3) is 0.571. The summed E-state index contributed by atoms with van der Waals surface area (Å²) in [6.45, 7) is 5.71. The molecule has 3 aliphatic rings. The first kappa shape index (κ1) is 17.4. The van der Waals surface area contributed by atoms with Crippen molar-refractivity contribution in [3.63, 3.8) is 0 Å². The lowest BCUT2D eigenvalue weighted by Gasteiger charge is -2.36. The Balaban J connectivity index is 1.20. The third-order valence-corrected chi connectivity index (χ3v) is 6.14. The number of carbonyl (C=O) groups excluding carboxylic acids is 1. The van der Waals surface area contributed by atoms with Crippen LogP contribution in [0, 0.1) is 17.8 Å². The molecule has 2 aliphatic carbocycles. The second-order valence-electron chi connectivity index (χ2n) is 7.68. The Bertz CT molecular complexity index is 667. The largest absolute Gasteiger partial charge is 0.495 e. The lowest BCUT2D eigenvalue weighted by atomic mass is 9.93. The molecule has 1 saturated heterocycles. The van der Waals surface area contributed by atoms with E-state index in [1.807, 2.05) is 12.1 Å². The predicted octanol–water partition coefficient (Wildman–Crippen LogP) is 2.15. The number of nitrogens with one attached hydrogen (secondary N) is 1. The zero-order chi connectivity index (χ0) is 17.9. The quantitative estimate of drug-likeness (QED) is 0.794. The minimum absolute atomic E-state index is 0.215. The molecule has 1 saturated carbocycles. The van der Waals surface area contributed by atoms with E-state index in [1.54, 1.807) is 7.11 Å². The van der Waals surface area contributed by atoms with Gasteiger partial charge in [0.15, 0.2) is 0 Å². The standard InChI is InChI=1S/C21H29N3O2/c1-26-20-5-3-2-4-19(20)24-12-10-23(11-13-24)9-8-22-21(25)18-15-16-6-7-17(18)14-16/h2-7,16-18H,8-15H2,1H3,(H,22,25)/t16-,17+,18?/m0/s1. The molecule has 4 rings (SSSR count). The number of fused-ring (bicyclic) bond motifs is 2. The number of amides is 1. The number of benzene rings is 1. The lowest BCUT2D eigenvalue weighted by Crippen LogP contribution is -2.49. The van der Waals surface area contributed by atoms with Gasteiger partial charge in [0, 0.05) is 45.2 Å². The summed E-state index contributed by atoms with van der Waals surface area (Å²) >= 11 is 0. The third-order valence-electron chi connectivity index (χ3n) is 6.14. The Morgan fingerprint density at radius 3 is 2.65 bits per heavy atom. The number of piperazine rings is 1. The molecule has 2 bridgehead atoms. The molecule has 1 aromatic carbocycles. The van der Waals surface area contributed by atoms with Gasteiger partial charge in [0.2, 0.25) is 5.91 Å². The molecule has 26 heavy (non-hydrogen) atoms. The topological polar surface area (TPSA) is 44.8 Å². The molecular weight excluding hydrogens is 326 g/mol. The molecule has 1 aliphatic heterocycles. The number of methoxy groups -OCH3 is 1. The summed E-state index contributed by atoms with van der Waals surface area (Å²) in [6.07, 6.45) is 6.76. The van der Waals surface area contributed by atoms with Gasteiger partial charge in [0.25, 0.3) is 0 Å². The number of anilines is 1. The van der Waals surface area contributed by atoms with E-state index in [-0.39, 0.29) is 11.8 Å². The SMILES string of the molecule is COc1ccccc1N1CCN(CCNC(=O)C2C[C@H]3C=C[C@@H]2C3)CC1. The molecule has 3 atom stereocenters. The number of hydrogen-bond acceptors (Lipinski definition) is 4. The van der Waals surface area contributed by atoms with Crippen LogP contribution < -0.4 is 15.0 Å². The van der Waals surface area contributed by atoms with E-state index < -0.39 is 0 Å². The van der Waals surface area contributed by atoms with Gasteiger partial charge in [-0.25, -0.2) is 0 Å². The van der Waals surface area contributed by atoms with Gasteiger partial charge in [-0.15, -0.1) is 0 Å². The third kappa shape index (κ3) is 3.58. The highest BCUT2D eigenvalue weighted by Crippen LogP contribution is 2.43. The van der Waals surface area contributed by atoms with Crippen molar-refractivity contribution >= 4 is 11.6 Å². The van der Waals surface area contributed by atoms with E-state index in [2.05, 4.69) is 39.4 Å². The van der Waals surface area contributed by atoms with Crippen LogP contribution in [0.15, 0.2) is 36.4 Å². The van der Waals surface area contributed by atoms with Crippen molar-refractivity contribution in [2.45, 2.75) is 12.8 Å². The molecule has 0 radical (unpaired) electrons. The summed E-state index contributed by atoms with van der Waals surface area (Å²) in [7, 11) is 1.73. The Kier molecular flexibility index (Phi) is 5.16. The molecule has 0 aromatic heterocycles. The van der Waals surface area contributed by atoms with Gasteiger partial charge in [0.05, 0.1) is 12.8 Å². The second-order valence-corrected chi connectivity index (χ2v) is 7.68. The molecule has 0 spiro atoms.